The molecule has 0 atom stereocenters. The van der Waals surface area contributed by atoms with Gasteiger partial charge in [0.25, 0.3) is 0 Å². The standard InChI is InChI=1S/C18H24O3S.Ce/c1-2-3-4-5-6-9-15-22(19,20)21-18-14-10-12-16-11-7-8-13-17(16)18;/h7-8,10-14H,2-6,9,15H2,1H3;. The molecule has 2 aromatic carbocycles. The van der Waals surface area contributed by atoms with E-state index < -0.39 is 10.1 Å². The molecule has 2 aromatic rings. The van der Waals surface area contributed by atoms with Gasteiger partial charge in [-0.05, 0) is 17.9 Å². The fourth-order valence-corrected chi connectivity index (χ4v) is 3.57. The van der Waals surface area contributed by atoms with Crippen LogP contribution < -0.4 is 4.18 Å². The predicted molar refractivity (Wildman–Crippen MR) is 91.7 cm³/mol. The SMILES string of the molecule is CCCCCCCCS(=O)(=O)Oc1cccc2ccccc12.[Ce]. The molecule has 23 heavy (non-hydrogen) atoms. The number of unbranched alkanes of at least 4 members (excludes halogenated alkanes) is 5. The minimum absolute atomic E-state index is 0. The summed E-state index contributed by atoms with van der Waals surface area (Å²) in [7, 11) is -3.52. The van der Waals surface area contributed by atoms with E-state index >= 15 is 0 Å². The van der Waals surface area contributed by atoms with E-state index in [2.05, 4.69) is 6.92 Å². The van der Waals surface area contributed by atoms with Crippen LogP contribution in [0, 0.1) is 41.7 Å². The Hall–Kier alpha value is -0.173. The zero-order valence-electron chi connectivity index (χ0n) is 13.6. The maximum absolute atomic E-state index is 12.1. The van der Waals surface area contributed by atoms with Gasteiger partial charge in [-0.15, -0.1) is 0 Å². The molecule has 0 aliphatic heterocycles. The molecule has 0 saturated carbocycles. The summed E-state index contributed by atoms with van der Waals surface area (Å²) in [5, 5.41) is 1.81. The number of fused-ring (bicyclic) bond motifs is 1. The molecule has 0 bridgehead atoms. The summed E-state index contributed by atoms with van der Waals surface area (Å²) in [5.41, 5.74) is 0. The first-order chi connectivity index (χ1) is 10.6. The molecular weight excluding hydrogens is 436 g/mol. The third kappa shape index (κ3) is 7.07. The van der Waals surface area contributed by atoms with E-state index in [9.17, 15) is 8.42 Å². The summed E-state index contributed by atoms with van der Waals surface area (Å²) in [4.78, 5) is 0. The molecule has 0 fully saturated rings. The molecule has 0 saturated heterocycles. The zero-order valence-corrected chi connectivity index (χ0v) is 17.6. The maximum atomic E-state index is 12.1. The summed E-state index contributed by atoms with van der Waals surface area (Å²) < 4.78 is 29.5. The van der Waals surface area contributed by atoms with Crippen molar-refractivity contribution in [2.75, 3.05) is 5.75 Å². The Morgan fingerprint density at radius 1 is 0.870 bits per heavy atom. The number of hydrogen-bond donors (Lipinski definition) is 0. The third-order valence-corrected chi connectivity index (χ3v) is 4.94. The van der Waals surface area contributed by atoms with Crippen LogP contribution in [0.2, 0.25) is 0 Å². The Balaban J connectivity index is 0.00000264. The Morgan fingerprint density at radius 3 is 2.30 bits per heavy atom. The van der Waals surface area contributed by atoms with Gasteiger partial charge in [-0.2, -0.15) is 8.42 Å². The molecule has 0 amide bonds. The summed E-state index contributed by atoms with van der Waals surface area (Å²) in [5.74, 6) is 0.506. The van der Waals surface area contributed by atoms with E-state index in [0.29, 0.717) is 12.2 Å². The number of rotatable bonds is 9. The van der Waals surface area contributed by atoms with Gasteiger partial charge in [0.05, 0.1) is 5.75 Å². The van der Waals surface area contributed by atoms with Crippen LogP contribution in [0.3, 0.4) is 0 Å². The molecule has 0 aromatic heterocycles. The topological polar surface area (TPSA) is 43.4 Å². The second-order valence-corrected chi connectivity index (χ2v) is 7.28. The Kier molecular flexibility index (Phi) is 9.66. The molecule has 0 heterocycles. The molecule has 124 valence electrons. The van der Waals surface area contributed by atoms with Gasteiger partial charge in [-0.3, -0.25) is 0 Å². The smallest absolute Gasteiger partial charge is 0.309 e. The fourth-order valence-electron chi connectivity index (χ4n) is 2.51. The summed E-state index contributed by atoms with van der Waals surface area (Å²) in [6.07, 6.45) is 6.30. The quantitative estimate of drug-likeness (QED) is 0.395. The molecule has 0 radical (unpaired) electrons. The second kappa shape index (κ2) is 10.6. The Bertz CT molecular complexity index is 693. The van der Waals surface area contributed by atoms with E-state index in [1.807, 2.05) is 36.4 Å². The van der Waals surface area contributed by atoms with Gasteiger partial charge in [0.1, 0.15) is 5.75 Å². The van der Waals surface area contributed by atoms with Gasteiger partial charge < -0.3 is 4.18 Å². The largest absolute Gasteiger partial charge is 0.382 e. The van der Waals surface area contributed by atoms with Gasteiger partial charge in [0, 0.05) is 47.1 Å². The van der Waals surface area contributed by atoms with Crippen molar-refractivity contribution in [2.45, 2.75) is 45.4 Å². The van der Waals surface area contributed by atoms with Crippen molar-refractivity contribution in [3.8, 4) is 5.75 Å². The minimum atomic E-state index is -3.52. The van der Waals surface area contributed by atoms with E-state index in [0.717, 1.165) is 23.6 Å². The number of benzene rings is 2. The molecular formula is C18H24CeO3S. The van der Waals surface area contributed by atoms with Crippen molar-refractivity contribution in [3.63, 3.8) is 0 Å². The van der Waals surface area contributed by atoms with Crippen molar-refractivity contribution in [3.05, 3.63) is 42.5 Å². The molecule has 0 spiro atoms. The average Bonchev–Trinajstić information content (AvgIpc) is 2.51. The van der Waals surface area contributed by atoms with E-state index in [1.54, 1.807) is 6.07 Å². The molecule has 5 heteroatoms. The maximum Gasteiger partial charge on any atom is 0.309 e. The van der Waals surface area contributed by atoms with Crippen LogP contribution >= 0.6 is 0 Å². The van der Waals surface area contributed by atoms with Gasteiger partial charge >= 0.3 is 10.1 Å². The molecule has 0 aliphatic carbocycles. The van der Waals surface area contributed by atoms with Crippen LogP contribution in [0.25, 0.3) is 10.8 Å². The fraction of sp³-hybridized carbons (Fsp3) is 0.444. The first kappa shape index (κ1) is 20.9. The van der Waals surface area contributed by atoms with E-state index in [1.165, 1.54) is 19.3 Å². The van der Waals surface area contributed by atoms with Crippen molar-refractivity contribution >= 4 is 20.9 Å². The van der Waals surface area contributed by atoms with Crippen LogP contribution in [-0.2, 0) is 10.1 Å². The van der Waals surface area contributed by atoms with E-state index in [4.69, 9.17) is 4.18 Å². The first-order valence-corrected chi connectivity index (χ1v) is 9.60. The van der Waals surface area contributed by atoms with Crippen molar-refractivity contribution in [1.82, 2.24) is 0 Å². The predicted octanol–water partition coefficient (Wildman–Crippen LogP) is 4.91. The van der Waals surface area contributed by atoms with Crippen molar-refractivity contribution in [1.29, 1.82) is 0 Å². The zero-order chi connectivity index (χ0) is 15.8. The normalized spacial score (nSPS) is 11.2. The van der Waals surface area contributed by atoms with Gasteiger partial charge in [0.15, 0.2) is 0 Å². The first-order valence-electron chi connectivity index (χ1n) is 8.02. The van der Waals surface area contributed by atoms with Crippen molar-refractivity contribution in [2.24, 2.45) is 0 Å². The Labute approximate surface area is 173 Å². The van der Waals surface area contributed by atoms with Gasteiger partial charge in [0.2, 0.25) is 0 Å². The molecule has 0 N–H and O–H groups in total. The monoisotopic (exact) mass is 460 g/mol. The molecule has 0 unspecified atom stereocenters. The third-order valence-electron chi connectivity index (χ3n) is 3.71. The molecule has 0 aliphatic rings. The van der Waals surface area contributed by atoms with Gasteiger partial charge in [-0.1, -0.05) is 75.4 Å². The summed E-state index contributed by atoms with van der Waals surface area (Å²) >= 11 is 0. The summed E-state index contributed by atoms with van der Waals surface area (Å²) in [6, 6.07) is 13.1. The number of hydrogen-bond acceptors (Lipinski definition) is 3. The second-order valence-electron chi connectivity index (χ2n) is 5.59. The van der Waals surface area contributed by atoms with Crippen LogP contribution in [0.5, 0.6) is 5.75 Å². The molecule has 3 nitrogen and oxygen atoms in total. The van der Waals surface area contributed by atoms with Crippen LogP contribution in [0.1, 0.15) is 45.4 Å². The Morgan fingerprint density at radius 2 is 1.52 bits per heavy atom. The molecule has 2 rings (SSSR count). The summed E-state index contributed by atoms with van der Waals surface area (Å²) in [6.45, 7) is 2.17. The minimum Gasteiger partial charge on any atom is -0.382 e. The average molecular weight is 461 g/mol. The van der Waals surface area contributed by atoms with Crippen LogP contribution in [-0.4, -0.2) is 14.2 Å². The van der Waals surface area contributed by atoms with Gasteiger partial charge in [-0.25, -0.2) is 0 Å². The van der Waals surface area contributed by atoms with Crippen LogP contribution in [0.4, 0.5) is 0 Å². The van der Waals surface area contributed by atoms with Crippen molar-refractivity contribution < 1.29 is 54.3 Å². The van der Waals surface area contributed by atoms with E-state index in [-0.39, 0.29) is 47.5 Å². The van der Waals surface area contributed by atoms with Crippen LogP contribution in [0.15, 0.2) is 42.5 Å².